The smallest absolute Gasteiger partial charge is 0.106 e. The molecule has 3 nitrogen and oxygen atoms in total. The highest BCUT2D eigenvalue weighted by atomic mass is 127. The third kappa shape index (κ3) is 3.07. The van der Waals surface area contributed by atoms with Gasteiger partial charge in [-0.25, -0.2) is 4.98 Å². The first-order valence-electron chi connectivity index (χ1n) is 5.60. The van der Waals surface area contributed by atoms with E-state index in [2.05, 4.69) is 61.7 Å². The Hall–Kier alpha value is -0.880. The lowest BCUT2D eigenvalue weighted by molar-refractivity contribution is 0.676. The summed E-state index contributed by atoms with van der Waals surface area (Å²) < 4.78 is 3.52. The van der Waals surface area contributed by atoms with E-state index >= 15 is 0 Å². The van der Waals surface area contributed by atoms with Crippen molar-refractivity contribution in [2.24, 2.45) is 0 Å². The lowest BCUT2D eigenvalue weighted by Gasteiger charge is -2.10. The highest BCUT2D eigenvalue weighted by Crippen LogP contribution is 2.12. The van der Waals surface area contributed by atoms with Crippen LogP contribution in [0.5, 0.6) is 0 Å². The van der Waals surface area contributed by atoms with Gasteiger partial charge in [-0.1, -0.05) is 12.1 Å². The van der Waals surface area contributed by atoms with Crippen molar-refractivity contribution < 1.29 is 0 Å². The highest BCUT2D eigenvalue weighted by Gasteiger charge is 2.06. The summed E-state index contributed by atoms with van der Waals surface area (Å²) >= 11 is 2.32. The van der Waals surface area contributed by atoms with Gasteiger partial charge in [-0.15, -0.1) is 0 Å². The average Bonchev–Trinajstić information content (AvgIpc) is 2.65. The second-order valence-corrected chi connectivity index (χ2v) is 5.29. The second kappa shape index (κ2) is 5.64. The van der Waals surface area contributed by atoms with Gasteiger partial charge in [0, 0.05) is 22.9 Å². The maximum absolute atomic E-state index is 4.37. The summed E-state index contributed by atoms with van der Waals surface area (Å²) in [7, 11) is 1.96. The summed E-state index contributed by atoms with van der Waals surface area (Å²) in [6, 6.07) is 8.62. The van der Waals surface area contributed by atoms with E-state index in [0.717, 1.165) is 18.9 Å². The lowest BCUT2D eigenvalue weighted by atomic mass is 10.2. The molecule has 0 saturated heterocycles. The van der Waals surface area contributed by atoms with Gasteiger partial charge in [0.15, 0.2) is 0 Å². The summed E-state index contributed by atoms with van der Waals surface area (Å²) in [4.78, 5) is 4.37. The zero-order valence-electron chi connectivity index (χ0n) is 10.1. The number of aromatic nitrogens is 2. The Morgan fingerprint density at radius 1 is 1.29 bits per heavy atom. The van der Waals surface area contributed by atoms with Crippen LogP contribution in [0.1, 0.15) is 17.1 Å². The zero-order valence-corrected chi connectivity index (χ0v) is 12.2. The number of halogens is 1. The number of benzene rings is 1. The third-order valence-electron chi connectivity index (χ3n) is 2.75. The van der Waals surface area contributed by atoms with Crippen molar-refractivity contribution in [2.45, 2.75) is 20.0 Å². The van der Waals surface area contributed by atoms with E-state index in [1.807, 2.05) is 20.2 Å². The van der Waals surface area contributed by atoms with Crippen LogP contribution in [0.2, 0.25) is 0 Å². The van der Waals surface area contributed by atoms with Gasteiger partial charge in [0.1, 0.15) is 5.82 Å². The number of rotatable bonds is 4. The van der Waals surface area contributed by atoms with Crippen molar-refractivity contribution in [3.05, 3.63) is 51.1 Å². The molecule has 1 heterocycles. The van der Waals surface area contributed by atoms with E-state index in [4.69, 9.17) is 0 Å². The van der Waals surface area contributed by atoms with E-state index in [0.29, 0.717) is 0 Å². The molecule has 90 valence electrons. The van der Waals surface area contributed by atoms with Crippen LogP contribution in [-0.2, 0) is 13.1 Å². The second-order valence-electron chi connectivity index (χ2n) is 4.04. The Bertz CT molecular complexity index is 488. The van der Waals surface area contributed by atoms with Gasteiger partial charge >= 0.3 is 0 Å². The van der Waals surface area contributed by atoms with Gasteiger partial charge in [0.2, 0.25) is 0 Å². The first-order valence-corrected chi connectivity index (χ1v) is 6.68. The first-order chi connectivity index (χ1) is 8.20. The minimum absolute atomic E-state index is 0.852. The van der Waals surface area contributed by atoms with Crippen LogP contribution >= 0.6 is 22.6 Å². The minimum Gasteiger partial charge on any atom is -0.327 e. The molecule has 2 aromatic rings. The molecule has 0 bridgehead atoms. The van der Waals surface area contributed by atoms with Crippen LogP contribution in [0.25, 0.3) is 0 Å². The van der Waals surface area contributed by atoms with E-state index in [-0.39, 0.29) is 0 Å². The predicted molar refractivity (Wildman–Crippen MR) is 78.0 cm³/mol. The predicted octanol–water partition coefficient (Wildman–Crippen LogP) is 2.56. The minimum atomic E-state index is 0.852. The monoisotopic (exact) mass is 341 g/mol. The van der Waals surface area contributed by atoms with Crippen molar-refractivity contribution in [1.82, 2.24) is 14.9 Å². The fraction of sp³-hybridized carbons (Fsp3) is 0.308. The quantitative estimate of drug-likeness (QED) is 0.867. The fourth-order valence-electron chi connectivity index (χ4n) is 1.83. The SMILES string of the molecule is CNCc1cnc(C)n1Cc1ccc(I)cc1. The average molecular weight is 341 g/mol. The van der Waals surface area contributed by atoms with Gasteiger partial charge < -0.3 is 9.88 Å². The molecule has 0 unspecified atom stereocenters. The number of hydrogen-bond acceptors (Lipinski definition) is 2. The number of aryl methyl sites for hydroxylation is 1. The van der Waals surface area contributed by atoms with Crippen molar-refractivity contribution >= 4 is 22.6 Å². The molecule has 0 fully saturated rings. The molecule has 0 spiro atoms. The molecule has 0 aliphatic carbocycles. The van der Waals surface area contributed by atoms with E-state index in [1.165, 1.54) is 14.8 Å². The summed E-state index contributed by atoms with van der Waals surface area (Å²) in [6.07, 6.45) is 1.94. The summed E-state index contributed by atoms with van der Waals surface area (Å²) in [6.45, 7) is 3.79. The van der Waals surface area contributed by atoms with Gasteiger partial charge in [-0.3, -0.25) is 0 Å². The van der Waals surface area contributed by atoms with Crippen molar-refractivity contribution in [2.75, 3.05) is 7.05 Å². The summed E-state index contributed by atoms with van der Waals surface area (Å²) in [5.74, 6) is 1.06. The molecule has 0 atom stereocenters. The molecule has 4 heteroatoms. The summed E-state index contributed by atoms with van der Waals surface area (Å²) in [5, 5.41) is 3.17. The third-order valence-corrected chi connectivity index (χ3v) is 3.47. The Kier molecular flexibility index (Phi) is 4.17. The Balaban J connectivity index is 2.22. The standard InChI is InChI=1S/C13H16IN3/c1-10-16-8-13(7-15-2)17(10)9-11-3-5-12(14)6-4-11/h3-6,8,15H,7,9H2,1-2H3. The maximum Gasteiger partial charge on any atom is 0.106 e. The van der Waals surface area contributed by atoms with Crippen molar-refractivity contribution in [3.8, 4) is 0 Å². The Morgan fingerprint density at radius 2 is 2.00 bits per heavy atom. The maximum atomic E-state index is 4.37. The van der Waals surface area contributed by atoms with Gasteiger partial charge in [0.25, 0.3) is 0 Å². The molecule has 0 aliphatic rings. The zero-order chi connectivity index (χ0) is 12.3. The molecule has 0 radical (unpaired) electrons. The van der Waals surface area contributed by atoms with E-state index < -0.39 is 0 Å². The molecule has 1 aromatic carbocycles. The molecular weight excluding hydrogens is 325 g/mol. The van der Waals surface area contributed by atoms with Crippen LogP contribution in [0.3, 0.4) is 0 Å². The topological polar surface area (TPSA) is 29.9 Å². The lowest BCUT2D eigenvalue weighted by Crippen LogP contribution is -2.12. The molecule has 0 saturated carbocycles. The van der Waals surface area contributed by atoms with Gasteiger partial charge in [-0.05, 0) is 54.3 Å². The fourth-order valence-corrected chi connectivity index (χ4v) is 2.19. The number of nitrogens with zero attached hydrogens (tertiary/aromatic N) is 2. The molecule has 17 heavy (non-hydrogen) atoms. The van der Waals surface area contributed by atoms with Crippen LogP contribution < -0.4 is 5.32 Å². The van der Waals surface area contributed by atoms with Crippen LogP contribution in [0, 0.1) is 10.5 Å². The first kappa shape index (κ1) is 12.6. The highest BCUT2D eigenvalue weighted by molar-refractivity contribution is 14.1. The van der Waals surface area contributed by atoms with Crippen molar-refractivity contribution in [1.29, 1.82) is 0 Å². The van der Waals surface area contributed by atoms with Crippen LogP contribution in [0.4, 0.5) is 0 Å². The molecule has 0 amide bonds. The summed E-state index contributed by atoms with van der Waals surface area (Å²) in [5.41, 5.74) is 2.53. The largest absolute Gasteiger partial charge is 0.327 e. The molecule has 1 aromatic heterocycles. The Morgan fingerprint density at radius 3 is 2.65 bits per heavy atom. The molecule has 2 rings (SSSR count). The van der Waals surface area contributed by atoms with Gasteiger partial charge in [0.05, 0.1) is 5.69 Å². The van der Waals surface area contributed by atoms with Crippen LogP contribution in [0.15, 0.2) is 30.5 Å². The molecule has 1 N–H and O–H groups in total. The van der Waals surface area contributed by atoms with Gasteiger partial charge in [-0.2, -0.15) is 0 Å². The Labute approximate surface area is 115 Å². The van der Waals surface area contributed by atoms with Crippen LogP contribution in [-0.4, -0.2) is 16.6 Å². The number of imidazole rings is 1. The van der Waals surface area contributed by atoms with E-state index in [9.17, 15) is 0 Å². The number of hydrogen-bond donors (Lipinski definition) is 1. The molecular formula is C13H16IN3. The number of nitrogens with one attached hydrogen (secondary N) is 1. The van der Waals surface area contributed by atoms with E-state index in [1.54, 1.807) is 0 Å². The molecule has 0 aliphatic heterocycles. The normalized spacial score (nSPS) is 10.8. The van der Waals surface area contributed by atoms with Crippen molar-refractivity contribution in [3.63, 3.8) is 0 Å².